The summed E-state index contributed by atoms with van der Waals surface area (Å²) in [5.74, 6) is 2.47. The number of nitrogens with zero attached hydrogens (tertiary/aromatic N) is 10. The van der Waals surface area contributed by atoms with Gasteiger partial charge in [0.25, 0.3) is 0 Å². The van der Waals surface area contributed by atoms with Crippen molar-refractivity contribution >= 4 is 40.3 Å². The Bertz CT molecular complexity index is 3180. The Hall–Kier alpha value is -8.38. The van der Waals surface area contributed by atoms with Crippen molar-refractivity contribution in [2.45, 2.75) is 43.9 Å². The van der Waals surface area contributed by atoms with Gasteiger partial charge in [-0.25, -0.2) is 29.9 Å². The van der Waals surface area contributed by atoms with Crippen molar-refractivity contribution in [2.75, 3.05) is 49.6 Å². The number of aryl methyl sites for hydroxylation is 3. The molecule has 0 radical (unpaired) electrons. The number of anilines is 3. The average Bonchev–Trinajstić information content (AvgIpc) is 4.11. The van der Waals surface area contributed by atoms with E-state index in [1.54, 1.807) is 15.9 Å². The largest absolute Gasteiger partial charge is 0.486 e. The van der Waals surface area contributed by atoms with Crippen molar-refractivity contribution in [1.82, 2.24) is 44.3 Å². The number of likely N-dealkylation sites (N-methyl/N-ethyl adjacent to an activating group) is 1. The van der Waals surface area contributed by atoms with Crippen LogP contribution >= 0.6 is 0 Å². The summed E-state index contributed by atoms with van der Waals surface area (Å²) in [5.41, 5.74) is 19.4. The molecule has 3 aliphatic rings. The molecule has 6 atom stereocenters. The summed E-state index contributed by atoms with van der Waals surface area (Å²) >= 11 is 0. The number of aliphatic hydroxyl groups excluding tert-OH is 1. The Morgan fingerprint density at radius 3 is 2.10 bits per heavy atom. The maximum absolute atomic E-state index is 13.3. The van der Waals surface area contributed by atoms with E-state index in [0.717, 1.165) is 33.6 Å². The number of β-amino-alcohol motifs (C(OH)–C–C–N with tert-alkyl or cyclic N) is 1. The van der Waals surface area contributed by atoms with Crippen molar-refractivity contribution in [3.05, 3.63) is 145 Å². The highest BCUT2D eigenvalue weighted by Crippen LogP contribution is 2.49. The van der Waals surface area contributed by atoms with Crippen LogP contribution in [0, 0.1) is 19.8 Å². The van der Waals surface area contributed by atoms with Crippen molar-refractivity contribution in [1.29, 1.82) is 0 Å². The van der Waals surface area contributed by atoms with Crippen molar-refractivity contribution in [2.24, 2.45) is 13.0 Å². The van der Waals surface area contributed by atoms with E-state index in [1.807, 2.05) is 110 Å². The van der Waals surface area contributed by atoms with Crippen LogP contribution in [0.3, 0.4) is 0 Å². The van der Waals surface area contributed by atoms with Crippen LogP contribution in [0.1, 0.15) is 40.0 Å². The van der Waals surface area contributed by atoms with Crippen molar-refractivity contribution in [3.8, 4) is 40.1 Å². The van der Waals surface area contributed by atoms with Gasteiger partial charge in [-0.05, 0) is 73.5 Å². The molecule has 0 saturated carbocycles. The molecule has 10 rings (SSSR count). The minimum absolute atomic E-state index is 0.206. The van der Waals surface area contributed by atoms with Crippen LogP contribution in [-0.2, 0) is 16.6 Å². The SMILES string of the molecule is C=CC(=O)N1C[C@H](C2C(c3ccc(Oc4ccc(O[C@@H]5CN(C(=O)C=C)C[C@@H]5c5c(-c6ccc(Oc7cccc(C)n7)cc6)c6c(N)ncnc6n5C)c(C)n4)cc3)c3c(N)ncnc3N2C)[C@@H](O)C1. The fourth-order valence-corrected chi connectivity index (χ4v) is 10.5. The maximum Gasteiger partial charge on any atom is 0.246 e. The number of hydrogen-bond acceptors (Lipinski definition) is 15. The molecular formula is C52H52N12O6. The molecule has 18 nitrogen and oxygen atoms in total. The van der Waals surface area contributed by atoms with Crippen LogP contribution in [0.4, 0.5) is 17.5 Å². The average molecular weight is 941 g/mol. The van der Waals surface area contributed by atoms with Gasteiger partial charge in [-0.15, -0.1) is 0 Å². The summed E-state index contributed by atoms with van der Waals surface area (Å²) in [7, 11) is 3.86. The first-order chi connectivity index (χ1) is 33.8. The Morgan fingerprint density at radius 2 is 1.41 bits per heavy atom. The number of ether oxygens (including phenoxy) is 3. The number of carbonyl (C=O) groups excluding carboxylic acids is 2. The van der Waals surface area contributed by atoms with E-state index < -0.39 is 12.2 Å². The Kier molecular flexibility index (Phi) is 11.8. The fraction of sp³-hybridized carbons (Fsp3) is 0.269. The smallest absolute Gasteiger partial charge is 0.246 e. The highest BCUT2D eigenvalue weighted by Gasteiger charge is 2.50. The summed E-state index contributed by atoms with van der Waals surface area (Å²) in [5, 5.41) is 12.0. The number of carbonyl (C=O) groups is 2. The lowest BCUT2D eigenvalue weighted by atomic mass is 9.80. The number of amides is 2. The summed E-state index contributed by atoms with van der Waals surface area (Å²) in [6, 6.07) is 24.2. The summed E-state index contributed by atoms with van der Waals surface area (Å²) in [4.78, 5) is 58.4. The minimum atomic E-state index is -0.767. The molecule has 0 bridgehead atoms. The van der Waals surface area contributed by atoms with Gasteiger partial charge in [0.1, 0.15) is 59.1 Å². The number of rotatable bonds is 12. The van der Waals surface area contributed by atoms with Gasteiger partial charge in [-0.2, -0.15) is 0 Å². The molecule has 0 aliphatic carbocycles. The highest BCUT2D eigenvalue weighted by molar-refractivity contribution is 6.03. The maximum atomic E-state index is 13.3. The number of aliphatic hydroxyl groups is 1. The van der Waals surface area contributed by atoms with Gasteiger partial charge in [-0.1, -0.05) is 43.5 Å². The van der Waals surface area contributed by atoms with Crippen LogP contribution in [0.25, 0.3) is 22.2 Å². The molecule has 5 aromatic heterocycles. The monoisotopic (exact) mass is 940 g/mol. The van der Waals surface area contributed by atoms with Crippen molar-refractivity contribution < 1.29 is 28.9 Å². The molecule has 2 unspecified atom stereocenters. The Labute approximate surface area is 403 Å². The van der Waals surface area contributed by atoms with Gasteiger partial charge >= 0.3 is 0 Å². The zero-order chi connectivity index (χ0) is 49.0. The number of fused-ring (bicyclic) bond motifs is 2. The first-order valence-corrected chi connectivity index (χ1v) is 22.9. The molecule has 2 amide bonds. The molecular weight excluding hydrogens is 889 g/mol. The Balaban J connectivity index is 0.915. The number of benzene rings is 2. The molecule has 3 aliphatic heterocycles. The fourth-order valence-electron chi connectivity index (χ4n) is 10.5. The van der Waals surface area contributed by atoms with Crippen LogP contribution in [0.2, 0.25) is 0 Å². The second-order valence-electron chi connectivity index (χ2n) is 17.9. The zero-order valence-corrected chi connectivity index (χ0v) is 39.1. The molecule has 2 fully saturated rings. The third kappa shape index (κ3) is 8.14. The van der Waals surface area contributed by atoms with E-state index in [-0.39, 0.29) is 48.7 Å². The quantitative estimate of drug-likeness (QED) is 0.118. The number of likely N-dealkylation sites (tertiary alicyclic amines) is 2. The van der Waals surface area contributed by atoms with Gasteiger partial charge in [-0.3, -0.25) is 9.59 Å². The van der Waals surface area contributed by atoms with Gasteiger partial charge < -0.3 is 50.1 Å². The molecule has 0 spiro atoms. The van der Waals surface area contributed by atoms with E-state index >= 15 is 0 Å². The minimum Gasteiger partial charge on any atom is -0.486 e. The second-order valence-corrected chi connectivity index (χ2v) is 17.9. The number of nitrogens with two attached hydrogens (primary N) is 2. The number of hydrogen-bond donors (Lipinski definition) is 3. The Morgan fingerprint density at radius 1 is 0.757 bits per heavy atom. The molecule has 2 aromatic carbocycles. The van der Waals surface area contributed by atoms with E-state index in [0.29, 0.717) is 76.3 Å². The van der Waals surface area contributed by atoms with E-state index in [2.05, 4.69) is 38.1 Å². The standard InChI is InChI=1S/C52H52N12O6/c1-7-41(66)63-22-34(36(65)24-63)47-43(45-49(53)55-26-57-51(45)61(47)5)30-12-18-33(19-13-30)69-40-21-20-37(29(4)60-40)70-38-25-64(42(67)8-2)23-35(38)48-44(46-50(54)56-27-58-52(46)62(48)6)31-14-16-32(17-15-31)68-39-11-9-10-28(3)59-39/h7-21,26-27,34-36,38,43,47,65H,1-2,22-25H2,3-6H3,(H2,53,55,57)(H2,54,56,58)/t34-,35-,36-,38+,43?,47?/m0/s1. The normalized spacial score (nSPS) is 20.7. The predicted molar refractivity (Wildman–Crippen MR) is 264 cm³/mol. The summed E-state index contributed by atoms with van der Waals surface area (Å²) in [6.07, 6.45) is 4.18. The number of nitrogen functional groups attached to an aromatic ring is 2. The van der Waals surface area contributed by atoms with Crippen LogP contribution in [-0.4, -0.2) is 113 Å². The first-order valence-electron chi connectivity index (χ1n) is 22.9. The number of pyridine rings is 2. The predicted octanol–water partition coefficient (Wildman–Crippen LogP) is 6.10. The summed E-state index contributed by atoms with van der Waals surface area (Å²) < 4.78 is 21.3. The van der Waals surface area contributed by atoms with Crippen molar-refractivity contribution in [3.63, 3.8) is 0 Å². The third-order valence-electron chi connectivity index (χ3n) is 13.7. The number of aromatic nitrogens is 7. The molecule has 70 heavy (non-hydrogen) atoms. The van der Waals surface area contributed by atoms with Gasteiger partial charge in [0, 0.05) is 86.3 Å². The molecule has 7 aromatic rings. The van der Waals surface area contributed by atoms with Gasteiger partial charge in [0.15, 0.2) is 0 Å². The molecule has 8 heterocycles. The molecule has 5 N–H and O–H groups in total. The second kappa shape index (κ2) is 18.3. The highest BCUT2D eigenvalue weighted by atomic mass is 16.5. The molecule has 2 saturated heterocycles. The first kappa shape index (κ1) is 45.4. The van der Waals surface area contributed by atoms with E-state index in [4.69, 9.17) is 30.7 Å². The van der Waals surface area contributed by atoms with E-state index in [9.17, 15) is 14.7 Å². The topological polar surface area (TPSA) is 226 Å². The van der Waals surface area contributed by atoms with E-state index in [1.165, 1.54) is 24.8 Å². The molecule has 356 valence electrons. The van der Waals surface area contributed by atoms with Crippen LogP contribution in [0.5, 0.6) is 29.0 Å². The summed E-state index contributed by atoms with van der Waals surface area (Å²) in [6.45, 7) is 12.3. The van der Waals surface area contributed by atoms with Gasteiger partial charge in [0.05, 0.1) is 29.6 Å². The zero-order valence-electron chi connectivity index (χ0n) is 39.1. The van der Waals surface area contributed by atoms with Gasteiger partial charge in [0.2, 0.25) is 23.6 Å². The van der Waals surface area contributed by atoms with Crippen LogP contribution in [0.15, 0.2) is 117 Å². The third-order valence-corrected chi connectivity index (χ3v) is 13.7. The molecule has 18 heteroatoms. The lowest BCUT2D eigenvalue weighted by Gasteiger charge is -2.33. The van der Waals surface area contributed by atoms with Crippen LogP contribution < -0.4 is 30.6 Å². The lowest BCUT2D eigenvalue weighted by molar-refractivity contribution is -0.126. The lowest BCUT2D eigenvalue weighted by Crippen LogP contribution is -2.43.